The summed E-state index contributed by atoms with van der Waals surface area (Å²) in [5, 5.41) is 3.90. The third-order valence-corrected chi connectivity index (χ3v) is 3.69. The summed E-state index contributed by atoms with van der Waals surface area (Å²) >= 11 is 5.40. The van der Waals surface area contributed by atoms with Crippen LogP contribution >= 0.6 is 12.2 Å². The molecule has 0 aromatic heterocycles. The molecule has 1 aromatic rings. The minimum absolute atomic E-state index is 0.110. The lowest BCUT2D eigenvalue weighted by Gasteiger charge is -2.34. The van der Waals surface area contributed by atoms with E-state index in [1.807, 2.05) is 42.2 Å². The molecule has 1 amide bonds. The Labute approximate surface area is 124 Å². The van der Waals surface area contributed by atoms with Crippen LogP contribution in [-0.4, -0.2) is 41.7 Å². The SMILES string of the molecule is C[C@H](NC(=S)N1CCO[C@H](C(N)=O)C1)c1ccccc1. The summed E-state index contributed by atoms with van der Waals surface area (Å²) in [4.78, 5) is 13.1. The molecule has 1 saturated heterocycles. The highest BCUT2D eigenvalue weighted by atomic mass is 32.1. The van der Waals surface area contributed by atoms with E-state index in [1.165, 1.54) is 0 Å². The number of nitrogens with one attached hydrogen (secondary N) is 1. The van der Waals surface area contributed by atoms with Crippen molar-refractivity contribution in [1.29, 1.82) is 0 Å². The second kappa shape index (κ2) is 6.67. The van der Waals surface area contributed by atoms with E-state index in [2.05, 4.69) is 5.32 Å². The molecule has 5 nitrogen and oxygen atoms in total. The van der Waals surface area contributed by atoms with Crippen LogP contribution in [0.5, 0.6) is 0 Å². The van der Waals surface area contributed by atoms with E-state index in [0.29, 0.717) is 24.8 Å². The first kappa shape index (κ1) is 14.7. The standard InChI is InChI=1S/C14H19N3O2S/c1-10(11-5-3-2-4-6-11)16-14(20)17-7-8-19-12(9-17)13(15)18/h2-6,10,12H,7-9H2,1H3,(H2,15,18)(H,16,20)/t10-,12-/m0/s1. The summed E-state index contributed by atoms with van der Waals surface area (Å²) < 4.78 is 5.31. The van der Waals surface area contributed by atoms with Crippen LogP contribution in [0.4, 0.5) is 0 Å². The third-order valence-electron chi connectivity index (χ3n) is 3.31. The Morgan fingerprint density at radius 1 is 1.50 bits per heavy atom. The molecule has 2 atom stereocenters. The zero-order valence-electron chi connectivity index (χ0n) is 11.4. The predicted octanol–water partition coefficient (Wildman–Crippen LogP) is 0.808. The topological polar surface area (TPSA) is 67.6 Å². The number of thiocarbonyl (C=S) groups is 1. The van der Waals surface area contributed by atoms with E-state index in [9.17, 15) is 4.79 Å². The van der Waals surface area contributed by atoms with Crippen molar-refractivity contribution >= 4 is 23.2 Å². The van der Waals surface area contributed by atoms with Gasteiger partial charge in [0, 0.05) is 6.54 Å². The van der Waals surface area contributed by atoms with E-state index in [4.69, 9.17) is 22.7 Å². The lowest BCUT2D eigenvalue weighted by Crippen LogP contribution is -2.53. The average molecular weight is 293 g/mol. The summed E-state index contributed by atoms with van der Waals surface area (Å²) in [5.41, 5.74) is 6.43. The van der Waals surface area contributed by atoms with Crippen molar-refractivity contribution in [3.8, 4) is 0 Å². The number of hydrogen-bond acceptors (Lipinski definition) is 3. The Bertz CT molecular complexity index is 481. The molecule has 1 aliphatic heterocycles. The summed E-state index contributed by atoms with van der Waals surface area (Å²) in [5.74, 6) is -0.450. The Morgan fingerprint density at radius 2 is 2.20 bits per heavy atom. The molecule has 2 rings (SSSR count). The van der Waals surface area contributed by atoms with Crippen molar-refractivity contribution in [3.63, 3.8) is 0 Å². The van der Waals surface area contributed by atoms with Gasteiger partial charge in [0.2, 0.25) is 5.91 Å². The molecule has 1 heterocycles. The van der Waals surface area contributed by atoms with Crippen molar-refractivity contribution in [2.75, 3.05) is 19.7 Å². The maximum absolute atomic E-state index is 11.2. The van der Waals surface area contributed by atoms with Crippen LogP contribution in [0.25, 0.3) is 0 Å². The molecular formula is C14H19N3O2S. The third kappa shape index (κ3) is 3.68. The first-order valence-corrected chi connectivity index (χ1v) is 7.00. The van der Waals surface area contributed by atoms with E-state index in [1.54, 1.807) is 0 Å². The van der Waals surface area contributed by atoms with Gasteiger partial charge in [-0.05, 0) is 24.7 Å². The Balaban J connectivity index is 1.93. The van der Waals surface area contributed by atoms with Crippen LogP contribution in [0.3, 0.4) is 0 Å². The molecule has 0 saturated carbocycles. The molecule has 0 bridgehead atoms. The normalized spacial score (nSPS) is 20.2. The van der Waals surface area contributed by atoms with E-state index in [0.717, 1.165) is 5.56 Å². The van der Waals surface area contributed by atoms with E-state index < -0.39 is 12.0 Å². The number of morpholine rings is 1. The van der Waals surface area contributed by atoms with E-state index in [-0.39, 0.29) is 6.04 Å². The smallest absolute Gasteiger partial charge is 0.248 e. The largest absolute Gasteiger partial charge is 0.367 e. The summed E-state index contributed by atoms with van der Waals surface area (Å²) in [6.45, 7) is 3.57. The fourth-order valence-corrected chi connectivity index (χ4v) is 2.45. The zero-order chi connectivity index (χ0) is 14.5. The number of nitrogens with two attached hydrogens (primary N) is 1. The molecule has 1 aliphatic rings. The van der Waals surface area contributed by atoms with Crippen LogP contribution < -0.4 is 11.1 Å². The molecule has 0 unspecified atom stereocenters. The van der Waals surface area contributed by atoms with Gasteiger partial charge < -0.3 is 20.7 Å². The summed E-state index contributed by atoms with van der Waals surface area (Å²) in [6.07, 6.45) is -0.587. The second-order valence-electron chi connectivity index (χ2n) is 4.79. The number of benzene rings is 1. The molecule has 3 N–H and O–H groups in total. The maximum atomic E-state index is 11.2. The van der Waals surface area contributed by atoms with Crippen molar-refractivity contribution < 1.29 is 9.53 Å². The zero-order valence-corrected chi connectivity index (χ0v) is 12.2. The van der Waals surface area contributed by atoms with Crippen LogP contribution in [-0.2, 0) is 9.53 Å². The molecule has 1 aromatic carbocycles. The second-order valence-corrected chi connectivity index (χ2v) is 5.18. The minimum atomic E-state index is -0.587. The Kier molecular flexibility index (Phi) is 4.92. The Morgan fingerprint density at radius 3 is 2.85 bits per heavy atom. The van der Waals surface area contributed by atoms with Crippen molar-refractivity contribution in [3.05, 3.63) is 35.9 Å². The number of carbonyl (C=O) groups is 1. The number of nitrogens with zero attached hydrogens (tertiary/aromatic N) is 1. The molecule has 108 valence electrons. The first-order chi connectivity index (χ1) is 9.58. The van der Waals surface area contributed by atoms with Gasteiger partial charge in [0.05, 0.1) is 19.2 Å². The van der Waals surface area contributed by atoms with Gasteiger partial charge in [-0.1, -0.05) is 30.3 Å². The minimum Gasteiger partial charge on any atom is -0.367 e. The number of carbonyl (C=O) groups excluding carboxylic acids is 1. The molecule has 20 heavy (non-hydrogen) atoms. The number of hydrogen-bond donors (Lipinski definition) is 2. The highest BCUT2D eigenvalue weighted by Gasteiger charge is 2.26. The lowest BCUT2D eigenvalue weighted by atomic mass is 10.1. The monoisotopic (exact) mass is 293 g/mol. The van der Waals surface area contributed by atoms with Crippen LogP contribution in [0.2, 0.25) is 0 Å². The van der Waals surface area contributed by atoms with Crippen LogP contribution in [0, 0.1) is 0 Å². The highest BCUT2D eigenvalue weighted by molar-refractivity contribution is 7.80. The van der Waals surface area contributed by atoms with Gasteiger partial charge in [-0.25, -0.2) is 0 Å². The predicted molar refractivity (Wildman–Crippen MR) is 81.1 cm³/mol. The maximum Gasteiger partial charge on any atom is 0.248 e. The molecule has 1 fully saturated rings. The first-order valence-electron chi connectivity index (χ1n) is 6.59. The Hall–Kier alpha value is -1.66. The fraction of sp³-hybridized carbons (Fsp3) is 0.429. The number of primary amides is 1. The van der Waals surface area contributed by atoms with Gasteiger partial charge in [-0.15, -0.1) is 0 Å². The molecule has 6 heteroatoms. The van der Waals surface area contributed by atoms with Gasteiger partial charge in [-0.3, -0.25) is 4.79 Å². The van der Waals surface area contributed by atoms with Gasteiger partial charge in [-0.2, -0.15) is 0 Å². The lowest BCUT2D eigenvalue weighted by molar-refractivity contribution is -0.133. The van der Waals surface area contributed by atoms with Crippen molar-refractivity contribution in [2.24, 2.45) is 5.73 Å². The number of rotatable bonds is 3. The molecular weight excluding hydrogens is 274 g/mol. The van der Waals surface area contributed by atoms with Gasteiger partial charge in [0.1, 0.15) is 0 Å². The van der Waals surface area contributed by atoms with Gasteiger partial charge in [0.25, 0.3) is 0 Å². The quantitative estimate of drug-likeness (QED) is 0.807. The molecule has 0 spiro atoms. The average Bonchev–Trinajstić information content (AvgIpc) is 2.48. The summed E-state index contributed by atoms with van der Waals surface area (Å²) in [6, 6.07) is 10.2. The fourth-order valence-electron chi connectivity index (χ4n) is 2.11. The molecule has 0 aliphatic carbocycles. The van der Waals surface area contributed by atoms with Crippen LogP contribution in [0.15, 0.2) is 30.3 Å². The van der Waals surface area contributed by atoms with Gasteiger partial charge >= 0.3 is 0 Å². The van der Waals surface area contributed by atoms with Crippen molar-refractivity contribution in [2.45, 2.75) is 19.1 Å². The summed E-state index contributed by atoms with van der Waals surface area (Å²) in [7, 11) is 0. The molecule has 0 radical (unpaired) electrons. The number of ether oxygens (including phenoxy) is 1. The number of amides is 1. The highest BCUT2D eigenvalue weighted by Crippen LogP contribution is 2.13. The van der Waals surface area contributed by atoms with Gasteiger partial charge in [0.15, 0.2) is 11.2 Å². The van der Waals surface area contributed by atoms with Crippen LogP contribution in [0.1, 0.15) is 18.5 Å². The van der Waals surface area contributed by atoms with Crippen molar-refractivity contribution in [1.82, 2.24) is 10.2 Å². The van der Waals surface area contributed by atoms with E-state index >= 15 is 0 Å².